The van der Waals surface area contributed by atoms with E-state index in [1.807, 2.05) is 26.8 Å². The Kier molecular flexibility index (Phi) is 6.55. The van der Waals surface area contributed by atoms with Gasteiger partial charge in [0.1, 0.15) is 22.5 Å². The van der Waals surface area contributed by atoms with Crippen molar-refractivity contribution < 1.29 is 23.5 Å². The summed E-state index contributed by atoms with van der Waals surface area (Å²) in [6, 6.07) is 2.97. The van der Waals surface area contributed by atoms with Crippen molar-refractivity contribution in [1.82, 2.24) is 14.9 Å². The van der Waals surface area contributed by atoms with Crippen molar-refractivity contribution >= 4 is 34.4 Å². The van der Waals surface area contributed by atoms with Gasteiger partial charge in [-0.15, -0.1) is 11.3 Å². The molecule has 1 saturated carbocycles. The van der Waals surface area contributed by atoms with Gasteiger partial charge in [-0.3, -0.25) is 4.79 Å². The van der Waals surface area contributed by atoms with Gasteiger partial charge in [0, 0.05) is 17.1 Å². The Bertz CT molecular complexity index is 1450. The molecule has 1 N–H and O–H groups in total. The van der Waals surface area contributed by atoms with Crippen LogP contribution in [0.4, 0.5) is 9.18 Å². The highest BCUT2D eigenvalue weighted by Crippen LogP contribution is 2.42. The second-order valence-electron chi connectivity index (χ2n) is 10.5. The molecule has 1 fully saturated rings. The van der Waals surface area contributed by atoms with E-state index in [0.717, 1.165) is 42.5 Å². The van der Waals surface area contributed by atoms with Gasteiger partial charge in [-0.25, -0.2) is 19.0 Å². The first-order valence-corrected chi connectivity index (χ1v) is 13.4. The molecule has 1 atom stereocenters. The number of aryl methyl sites for hydroxylation is 1. The van der Waals surface area contributed by atoms with Crippen molar-refractivity contribution in [3.05, 3.63) is 50.4 Å². The Morgan fingerprint density at radius 1 is 1.24 bits per heavy atom. The third-order valence-electron chi connectivity index (χ3n) is 6.41. The van der Waals surface area contributed by atoms with Crippen LogP contribution >= 0.6 is 11.3 Å². The highest BCUT2D eigenvalue weighted by Gasteiger charge is 2.31. The molecule has 3 heterocycles. The number of carbonyl (C=O) groups is 2. The predicted octanol–water partition coefficient (Wildman–Crippen LogP) is 5.68. The third kappa shape index (κ3) is 5.12. The molecule has 1 amide bonds. The molecule has 8 nitrogen and oxygen atoms in total. The van der Waals surface area contributed by atoms with E-state index in [4.69, 9.17) is 9.47 Å². The molecule has 0 aromatic carbocycles. The number of hydrogen-bond donors (Lipinski definition) is 1. The molecule has 2 aliphatic carbocycles. The summed E-state index contributed by atoms with van der Waals surface area (Å²) in [5.74, 6) is -1.36. The summed E-state index contributed by atoms with van der Waals surface area (Å²) < 4.78 is 27.7. The van der Waals surface area contributed by atoms with Crippen molar-refractivity contribution in [2.45, 2.75) is 77.5 Å². The van der Waals surface area contributed by atoms with Crippen LogP contribution in [0.2, 0.25) is 0 Å². The number of hydrogen-bond acceptors (Lipinski definition) is 7. The van der Waals surface area contributed by atoms with Crippen LogP contribution in [0, 0.1) is 5.82 Å². The summed E-state index contributed by atoms with van der Waals surface area (Å²) in [6.07, 6.45) is 5.26. The number of esters is 1. The molecular formula is C27H30FN3O5S. The first-order valence-electron chi connectivity index (χ1n) is 12.6. The monoisotopic (exact) mass is 527 g/mol. The first kappa shape index (κ1) is 25.4. The second-order valence-corrected chi connectivity index (χ2v) is 11.6. The lowest BCUT2D eigenvalue weighted by Crippen LogP contribution is -2.35. The smallest absolute Gasteiger partial charge is 0.408 e. The van der Waals surface area contributed by atoms with E-state index in [9.17, 15) is 14.4 Å². The van der Waals surface area contributed by atoms with E-state index in [0.29, 0.717) is 10.5 Å². The van der Waals surface area contributed by atoms with Crippen LogP contribution in [0.5, 0.6) is 0 Å². The summed E-state index contributed by atoms with van der Waals surface area (Å²) in [7, 11) is 0. The standard InChI is InChI=1S/C27H30FN3O5S/c1-5-35-25(33)17-13-31(15-9-10-15)24-16(22(17)32)12-18(28)21(30-24)20-11-14-7-6-8-19(23(14)37-20)29-26(34)36-27(2,3)4/h11-13,15,19H,5-10H2,1-4H3,(H,29,34). The average molecular weight is 528 g/mol. The highest BCUT2D eigenvalue weighted by atomic mass is 32.1. The van der Waals surface area contributed by atoms with E-state index >= 15 is 4.39 Å². The van der Waals surface area contributed by atoms with Gasteiger partial charge in [0.15, 0.2) is 5.82 Å². The summed E-state index contributed by atoms with van der Waals surface area (Å²) in [4.78, 5) is 44.1. The summed E-state index contributed by atoms with van der Waals surface area (Å²) in [6.45, 7) is 7.24. The minimum absolute atomic E-state index is 0.0597. The van der Waals surface area contributed by atoms with Gasteiger partial charge in [0.2, 0.25) is 5.43 Å². The zero-order valence-corrected chi connectivity index (χ0v) is 22.2. The van der Waals surface area contributed by atoms with Crippen molar-refractivity contribution in [3.63, 3.8) is 0 Å². The molecular weight excluding hydrogens is 497 g/mol. The Labute approximate surface area is 217 Å². The predicted molar refractivity (Wildman–Crippen MR) is 139 cm³/mol. The highest BCUT2D eigenvalue weighted by molar-refractivity contribution is 7.15. The number of carbonyl (C=O) groups excluding carboxylic acids is 2. The number of pyridine rings is 2. The third-order valence-corrected chi connectivity index (χ3v) is 7.71. The molecule has 0 radical (unpaired) electrons. The largest absolute Gasteiger partial charge is 0.462 e. The topological polar surface area (TPSA) is 99.5 Å². The maximum Gasteiger partial charge on any atom is 0.408 e. The molecule has 0 spiro atoms. The number of alkyl carbamates (subject to hydrolysis) is 1. The zero-order valence-electron chi connectivity index (χ0n) is 21.4. The minimum atomic E-state index is -0.720. The Morgan fingerprint density at radius 2 is 2.00 bits per heavy atom. The number of ether oxygens (including phenoxy) is 2. The Morgan fingerprint density at radius 3 is 2.68 bits per heavy atom. The maximum absolute atomic E-state index is 15.5. The summed E-state index contributed by atoms with van der Waals surface area (Å²) in [5, 5.41) is 3.01. The molecule has 5 rings (SSSR count). The van der Waals surface area contributed by atoms with Crippen LogP contribution in [0.1, 0.15) is 86.3 Å². The van der Waals surface area contributed by atoms with E-state index < -0.39 is 28.9 Å². The molecule has 0 bridgehead atoms. The van der Waals surface area contributed by atoms with E-state index in [-0.39, 0.29) is 35.3 Å². The van der Waals surface area contributed by atoms with Crippen LogP contribution in [0.25, 0.3) is 21.6 Å². The number of fused-ring (bicyclic) bond motifs is 2. The van der Waals surface area contributed by atoms with Gasteiger partial charge in [-0.05, 0) is 77.5 Å². The molecule has 0 saturated heterocycles. The molecule has 3 aromatic rings. The van der Waals surface area contributed by atoms with Crippen molar-refractivity contribution in [1.29, 1.82) is 0 Å². The number of nitrogens with zero attached hydrogens (tertiary/aromatic N) is 2. The van der Waals surface area contributed by atoms with Crippen LogP contribution in [-0.4, -0.2) is 33.8 Å². The number of halogens is 1. The fourth-order valence-electron chi connectivity index (χ4n) is 4.67. The van der Waals surface area contributed by atoms with Gasteiger partial charge < -0.3 is 19.4 Å². The van der Waals surface area contributed by atoms with Crippen molar-refractivity contribution in [3.8, 4) is 10.6 Å². The molecule has 1 unspecified atom stereocenters. The molecule has 0 aliphatic heterocycles. The molecule has 3 aromatic heterocycles. The summed E-state index contributed by atoms with van der Waals surface area (Å²) >= 11 is 1.39. The fourth-order valence-corrected chi connectivity index (χ4v) is 5.96. The quantitative estimate of drug-likeness (QED) is 0.429. The normalized spacial score (nSPS) is 17.4. The molecule has 2 aliphatic rings. The first-order chi connectivity index (χ1) is 17.6. The van der Waals surface area contributed by atoms with Crippen LogP contribution in [0.15, 0.2) is 23.1 Å². The van der Waals surface area contributed by atoms with Gasteiger partial charge in [-0.1, -0.05) is 0 Å². The number of thiophene rings is 1. The number of aromatic nitrogens is 2. The zero-order chi connectivity index (χ0) is 26.5. The Balaban J connectivity index is 1.55. The number of rotatable bonds is 5. The summed E-state index contributed by atoms with van der Waals surface area (Å²) in [5.41, 5.74) is 0.247. The second kappa shape index (κ2) is 9.55. The van der Waals surface area contributed by atoms with Crippen LogP contribution in [-0.2, 0) is 15.9 Å². The maximum atomic E-state index is 15.5. The minimum Gasteiger partial charge on any atom is -0.462 e. The SMILES string of the molecule is CCOC(=O)c1cn(C2CC2)c2nc(-c3cc4c(s3)C(NC(=O)OC(C)(C)C)CCC4)c(F)cc2c1=O. The van der Waals surface area contributed by atoms with Gasteiger partial charge in [0.05, 0.1) is 22.9 Å². The fraction of sp³-hybridized carbons (Fsp3) is 0.481. The molecule has 10 heteroatoms. The lowest BCUT2D eigenvalue weighted by molar-refractivity contribution is 0.0496. The number of nitrogens with one attached hydrogen (secondary N) is 1. The van der Waals surface area contributed by atoms with Gasteiger partial charge in [-0.2, -0.15) is 0 Å². The van der Waals surface area contributed by atoms with Gasteiger partial charge in [0.25, 0.3) is 0 Å². The van der Waals surface area contributed by atoms with Crippen molar-refractivity contribution in [2.75, 3.05) is 6.61 Å². The van der Waals surface area contributed by atoms with Crippen molar-refractivity contribution in [2.24, 2.45) is 0 Å². The van der Waals surface area contributed by atoms with E-state index in [1.54, 1.807) is 11.5 Å². The molecule has 196 valence electrons. The Hall–Kier alpha value is -3.27. The van der Waals surface area contributed by atoms with E-state index in [2.05, 4.69) is 10.3 Å². The van der Waals surface area contributed by atoms with E-state index in [1.165, 1.54) is 23.6 Å². The van der Waals surface area contributed by atoms with Crippen LogP contribution < -0.4 is 10.7 Å². The number of amides is 1. The lowest BCUT2D eigenvalue weighted by Gasteiger charge is -2.26. The molecule has 37 heavy (non-hydrogen) atoms. The van der Waals surface area contributed by atoms with Crippen LogP contribution in [0.3, 0.4) is 0 Å². The lowest BCUT2D eigenvalue weighted by atomic mass is 9.94. The average Bonchev–Trinajstić information content (AvgIpc) is 3.56. The van der Waals surface area contributed by atoms with Gasteiger partial charge >= 0.3 is 12.1 Å².